The molecule has 2 nitrogen and oxygen atoms in total. The van der Waals surface area contributed by atoms with Crippen LogP contribution in [0.1, 0.15) is 0 Å². The number of thiocarbonyl (C=S) groups is 1. The van der Waals surface area contributed by atoms with Crippen LogP contribution in [0.25, 0.3) is 54.2 Å². The van der Waals surface area contributed by atoms with Gasteiger partial charge < -0.3 is 5.43 Å². The van der Waals surface area contributed by atoms with Crippen molar-refractivity contribution in [3.8, 4) is 11.1 Å². The van der Waals surface area contributed by atoms with Gasteiger partial charge >= 0.3 is 0 Å². The lowest BCUT2D eigenvalue weighted by Crippen LogP contribution is -2.25. The van der Waals surface area contributed by atoms with Crippen LogP contribution < -0.4 is 11.3 Å². The van der Waals surface area contributed by atoms with Crippen molar-refractivity contribution in [1.82, 2.24) is 5.43 Å². The normalized spacial score (nSPS) is 11.1. The summed E-state index contributed by atoms with van der Waals surface area (Å²) >= 11 is 6.00. The summed E-state index contributed by atoms with van der Waals surface area (Å²) in [7, 11) is 0. The second-order valence-corrected chi connectivity index (χ2v) is 9.08. The van der Waals surface area contributed by atoms with Gasteiger partial charge in [0.1, 0.15) is 4.32 Å². The van der Waals surface area contributed by atoms with Gasteiger partial charge in [0.25, 0.3) is 0 Å². The highest BCUT2D eigenvalue weighted by Crippen LogP contribution is 2.42. The topological polar surface area (TPSA) is 38.0 Å². The lowest BCUT2D eigenvalue weighted by Gasteiger charge is -2.16. The fourth-order valence-electron chi connectivity index (χ4n) is 4.57. The molecule has 0 heterocycles. The summed E-state index contributed by atoms with van der Waals surface area (Å²) in [4.78, 5) is 0. The van der Waals surface area contributed by atoms with Gasteiger partial charge in [0.15, 0.2) is 0 Å². The number of hydrazine groups is 1. The molecule has 0 spiro atoms. The van der Waals surface area contributed by atoms with Crippen molar-refractivity contribution < 1.29 is 0 Å². The number of benzene rings is 6. The van der Waals surface area contributed by atoms with Crippen LogP contribution in [0.15, 0.2) is 97.1 Å². The van der Waals surface area contributed by atoms with Gasteiger partial charge in [-0.2, -0.15) is 0 Å². The highest BCUT2D eigenvalue weighted by atomic mass is 32.2. The molecule has 6 rings (SSSR count). The van der Waals surface area contributed by atoms with Gasteiger partial charge in [-0.05, 0) is 60.5 Å². The van der Waals surface area contributed by atoms with Crippen LogP contribution in [0.5, 0.6) is 0 Å². The number of rotatable bonds is 1. The van der Waals surface area contributed by atoms with E-state index in [1.165, 1.54) is 66.0 Å². The smallest absolute Gasteiger partial charge is 0.147 e. The summed E-state index contributed by atoms with van der Waals surface area (Å²) < 4.78 is 0.620. The van der Waals surface area contributed by atoms with Crippen molar-refractivity contribution >= 4 is 71.4 Å². The van der Waals surface area contributed by atoms with Crippen molar-refractivity contribution in [2.24, 2.45) is 5.84 Å². The number of hydrogen-bond donors (Lipinski definition) is 2. The molecule has 0 aliphatic heterocycles. The lowest BCUT2D eigenvalue weighted by molar-refractivity contribution is 1.07. The van der Waals surface area contributed by atoms with Crippen LogP contribution in [0, 0.1) is 0 Å². The van der Waals surface area contributed by atoms with Crippen LogP contribution in [-0.4, -0.2) is 10.6 Å². The molecule has 156 valence electrons. The average molecular weight is 451 g/mol. The van der Waals surface area contributed by atoms with Gasteiger partial charge in [0.2, 0.25) is 0 Å². The lowest BCUT2D eigenvalue weighted by atomic mass is 9.87. The largest absolute Gasteiger partial charge is 0.309 e. The van der Waals surface area contributed by atoms with Crippen molar-refractivity contribution in [1.29, 1.82) is 0 Å². The van der Waals surface area contributed by atoms with Crippen molar-refractivity contribution in [2.75, 3.05) is 6.26 Å². The van der Waals surface area contributed by atoms with E-state index in [0.29, 0.717) is 4.32 Å². The molecule has 4 heteroatoms. The molecule has 6 aromatic rings. The van der Waals surface area contributed by atoms with E-state index in [0.717, 1.165) is 0 Å². The average Bonchev–Trinajstić information content (AvgIpc) is 2.87. The Labute approximate surface area is 196 Å². The summed E-state index contributed by atoms with van der Waals surface area (Å²) in [5, 5.41) is 10.8. The molecule has 0 aliphatic rings. The molecule has 3 N–H and O–H groups in total. The minimum Gasteiger partial charge on any atom is -0.309 e. The van der Waals surface area contributed by atoms with E-state index in [9.17, 15) is 0 Å². The van der Waals surface area contributed by atoms with E-state index < -0.39 is 0 Å². The van der Waals surface area contributed by atoms with Gasteiger partial charge in [0.05, 0.1) is 0 Å². The number of fused-ring (bicyclic) bond motifs is 2. The van der Waals surface area contributed by atoms with E-state index in [-0.39, 0.29) is 0 Å². The first-order chi connectivity index (χ1) is 15.7. The fourth-order valence-corrected chi connectivity index (χ4v) is 4.69. The third-order valence-corrected chi connectivity index (χ3v) is 7.02. The first-order valence-electron chi connectivity index (χ1n) is 10.4. The Morgan fingerprint density at radius 3 is 1.81 bits per heavy atom. The first-order valence-corrected chi connectivity index (χ1v) is 12.0. The monoisotopic (exact) mass is 450 g/mol. The van der Waals surface area contributed by atoms with Crippen LogP contribution in [-0.2, 0) is 0 Å². The Balaban J connectivity index is 0.000000322. The molecule has 0 radical (unpaired) electrons. The first kappa shape index (κ1) is 20.7. The summed E-state index contributed by atoms with van der Waals surface area (Å²) in [6.45, 7) is 0. The zero-order chi connectivity index (χ0) is 22.1. The second-order valence-electron chi connectivity index (χ2n) is 7.60. The third kappa shape index (κ3) is 3.47. The molecule has 32 heavy (non-hydrogen) atoms. The summed E-state index contributed by atoms with van der Waals surface area (Å²) in [6.07, 6.45) is 1.86. The highest BCUT2D eigenvalue weighted by Gasteiger charge is 2.14. The summed E-state index contributed by atoms with van der Waals surface area (Å²) in [5.74, 6) is 4.87. The number of nitrogens with two attached hydrogens (primary N) is 1. The van der Waals surface area contributed by atoms with E-state index in [1.54, 1.807) is 0 Å². The minimum absolute atomic E-state index is 0.620. The van der Waals surface area contributed by atoms with Gasteiger partial charge in [-0.15, -0.1) is 0 Å². The van der Waals surface area contributed by atoms with Gasteiger partial charge in [-0.3, -0.25) is 0 Å². The Hall–Kier alpha value is -3.18. The van der Waals surface area contributed by atoms with Crippen molar-refractivity contribution in [3.63, 3.8) is 0 Å². The molecule has 0 aromatic heterocycles. The van der Waals surface area contributed by atoms with Crippen LogP contribution in [0.4, 0.5) is 0 Å². The molecular weight excluding hydrogens is 428 g/mol. The molecular formula is C28H22N2S2. The maximum atomic E-state index is 4.87. The Bertz CT molecular complexity index is 1500. The quantitative estimate of drug-likeness (QED) is 0.0894. The fraction of sp³-hybridized carbons (Fsp3) is 0.0357. The Morgan fingerprint density at radius 1 is 0.656 bits per heavy atom. The van der Waals surface area contributed by atoms with E-state index in [2.05, 4.69) is 115 Å². The van der Waals surface area contributed by atoms with Gasteiger partial charge in [-0.1, -0.05) is 121 Å². The second kappa shape index (κ2) is 8.75. The van der Waals surface area contributed by atoms with E-state index in [1.807, 2.05) is 6.26 Å². The summed E-state index contributed by atoms with van der Waals surface area (Å²) in [5.41, 5.74) is 4.88. The molecule has 6 aromatic carbocycles. The van der Waals surface area contributed by atoms with Gasteiger partial charge in [-0.25, -0.2) is 5.84 Å². The van der Waals surface area contributed by atoms with E-state index >= 15 is 0 Å². The Morgan fingerprint density at radius 2 is 1.22 bits per heavy atom. The predicted octanol–water partition coefficient (Wildman–Crippen LogP) is 7.50. The number of thioether (sulfide) groups is 1. The van der Waals surface area contributed by atoms with E-state index in [4.69, 9.17) is 5.84 Å². The molecule has 0 bridgehead atoms. The zero-order valence-electron chi connectivity index (χ0n) is 17.6. The zero-order valence-corrected chi connectivity index (χ0v) is 19.3. The Kier molecular flexibility index (Phi) is 5.66. The van der Waals surface area contributed by atoms with Crippen LogP contribution >= 0.6 is 24.0 Å². The molecule has 0 saturated carbocycles. The summed E-state index contributed by atoms with van der Waals surface area (Å²) in [6, 6.07) is 35.3. The predicted molar refractivity (Wildman–Crippen MR) is 147 cm³/mol. The maximum absolute atomic E-state index is 4.87. The molecule has 0 aliphatic carbocycles. The standard InChI is InChI=1S/C26H16.C2H6N2S2/c1-2-7-17(8-3-1)19-15-16-24-22-12-5-10-18-9-4-11-21(25(18)22)23-14-6-13-20(19)26(23)24;1-6-2(5)4-3/h1-16H;3H2,1H3,(H,4,5). The minimum atomic E-state index is 0.620. The SMILES string of the molecule is CSC(=S)NN.c1ccc(-c2ccc3c4cccc5cccc(c6cccc2c63)c54)cc1. The molecule has 0 unspecified atom stereocenters. The molecule has 0 amide bonds. The molecule has 0 fully saturated rings. The maximum Gasteiger partial charge on any atom is 0.147 e. The molecule has 0 atom stereocenters. The highest BCUT2D eigenvalue weighted by molar-refractivity contribution is 8.22. The van der Waals surface area contributed by atoms with Crippen molar-refractivity contribution in [2.45, 2.75) is 0 Å². The third-order valence-electron chi connectivity index (χ3n) is 5.91. The molecule has 0 saturated heterocycles. The van der Waals surface area contributed by atoms with Crippen molar-refractivity contribution in [3.05, 3.63) is 97.1 Å². The number of hydrogen-bond acceptors (Lipinski definition) is 3. The van der Waals surface area contributed by atoms with Gasteiger partial charge in [0, 0.05) is 0 Å². The number of nitrogens with one attached hydrogen (secondary N) is 1. The van der Waals surface area contributed by atoms with Crippen LogP contribution in [0.2, 0.25) is 0 Å². The van der Waals surface area contributed by atoms with Crippen LogP contribution in [0.3, 0.4) is 0 Å².